The average molecular weight is 468 g/mol. The second kappa shape index (κ2) is 8.32. The molecule has 1 aromatic heterocycles. The fraction of sp³-hybridized carbons (Fsp3) is 0.688. The number of nitrogens with one attached hydrogen (secondary N) is 1. The number of carbonyl (C=O) groups excluding carboxylic acids is 1. The molecule has 1 saturated heterocycles. The molecule has 1 aliphatic rings. The van der Waals surface area contributed by atoms with Gasteiger partial charge in [0.25, 0.3) is 0 Å². The van der Waals surface area contributed by atoms with Crippen molar-refractivity contribution < 1.29 is 9.53 Å². The average Bonchev–Trinajstić information content (AvgIpc) is 2.76. The van der Waals surface area contributed by atoms with Crippen LogP contribution in [-0.2, 0) is 11.3 Å². The second-order valence-corrected chi connectivity index (χ2v) is 10.1. The summed E-state index contributed by atoms with van der Waals surface area (Å²) in [5.74, 6) is 0. The number of nitrogens with zero attached hydrogens (tertiary/aromatic N) is 1. The molecule has 1 unspecified atom stereocenters. The standard InChI is InChI=1S/C16H24Br2N2O2S/c1-16(2,3)22-15(21)20-7-5-4-6-11(20)9-19-10-12-8-13(17)14(18)23-12/h8,11,19H,4-7,9-10H2,1-3H3. The molecular formula is C16H24Br2N2O2S. The summed E-state index contributed by atoms with van der Waals surface area (Å²) in [6.45, 7) is 8.13. The lowest BCUT2D eigenvalue weighted by Crippen LogP contribution is -2.50. The van der Waals surface area contributed by atoms with Gasteiger partial charge in [-0.1, -0.05) is 0 Å². The third-order valence-electron chi connectivity index (χ3n) is 3.63. The van der Waals surface area contributed by atoms with Gasteiger partial charge in [-0.05, 0) is 78.0 Å². The Morgan fingerprint density at radius 3 is 2.78 bits per heavy atom. The van der Waals surface area contributed by atoms with E-state index in [0.29, 0.717) is 0 Å². The van der Waals surface area contributed by atoms with Crippen molar-refractivity contribution in [1.82, 2.24) is 10.2 Å². The smallest absolute Gasteiger partial charge is 0.410 e. The van der Waals surface area contributed by atoms with Crippen LogP contribution in [0.25, 0.3) is 0 Å². The van der Waals surface area contributed by atoms with Crippen LogP contribution in [0.4, 0.5) is 4.79 Å². The van der Waals surface area contributed by atoms with Gasteiger partial charge in [-0.3, -0.25) is 0 Å². The predicted octanol–water partition coefficient (Wildman–Crippen LogP) is 5.15. The normalized spacial score (nSPS) is 19.0. The summed E-state index contributed by atoms with van der Waals surface area (Å²) in [6, 6.07) is 2.33. The Morgan fingerprint density at radius 2 is 2.17 bits per heavy atom. The molecule has 0 aliphatic carbocycles. The molecule has 0 saturated carbocycles. The first kappa shape index (κ1) is 19.2. The maximum absolute atomic E-state index is 12.4. The molecule has 0 spiro atoms. The number of rotatable bonds is 4. The quantitative estimate of drug-likeness (QED) is 0.665. The maximum atomic E-state index is 12.4. The maximum Gasteiger partial charge on any atom is 0.410 e. The third-order valence-corrected chi connectivity index (χ3v) is 6.89. The largest absolute Gasteiger partial charge is 0.444 e. The number of hydrogen-bond acceptors (Lipinski definition) is 4. The van der Waals surface area contributed by atoms with Gasteiger partial charge in [-0.2, -0.15) is 0 Å². The Bertz CT molecular complexity index is 523. The molecule has 1 aliphatic heterocycles. The van der Waals surface area contributed by atoms with Gasteiger partial charge in [0.15, 0.2) is 0 Å². The number of likely N-dealkylation sites (tertiary alicyclic amines) is 1. The molecule has 0 radical (unpaired) electrons. The van der Waals surface area contributed by atoms with Crippen LogP contribution in [0.2, 0.25) is 0 Å². The van der Waals surface area contributed by atoms with Crippen LogP contribution in [0, 0.1) is 0 Å². The third kappa shape index (κ3) is 6.03. The number of carbonyl (C=O) groups is 1. The molecule has 2 rings (SSSR count). The van der Waals surface area contributed by atoms with Crippen LogP contribution < -0.4 is 5.32 Å². The number of piperidine rings is 1. The van der Waals surface area contributed by atoms with Gasteiger partial charge in [0.2, 0.25) is 0 Å². The molecule has 130 valence electrons. The minimum absolute atomic E-state index is 0.189. The van der Waals surface area contributed by atoms with E-state index in [-0.39, 0.29) is 12.1 Å². The number of amides is 1. The highest BCUT2D eigenvalue weighted by molar-refractivity contribution is 9.13. The van der Waals surface area contributed by atoms with E-state index in [4.69, 9.17) is 4.74 Å². The molecule has 1 amide bonds. The van der Waals surface area contributed by atoms with Crippen molar-refractivity contribution in [2.45, 2.75) is 58.2 Å². The van der Waals surface area contributed by atoms with E-state index >= 15 is 0 Å². The van der Waals surface area contributed by atoms with Crippen molar-refractivity contribution in [2.24, 2.45) is 0 Å². The van der Waals surface area contributed by atoms with Gasteiger partial charge >= 0.3 is 6.09 Å². The van der Waals surface area contributed by atoms with Gasteiger partial charge in [0, 0.05) is 35.0 Å². The van der Waals surface area contributed by atoms with Gasteiger partial charge in [-0.25, -0.2) is 4.79 Å². The van der Waals surface area contributed by atoms with E-state index in [0.717, 1.165) is 40.7 Å². The van der Waals surface area contributed by atoms with E-state index in [9.17, 15) is 4.79 Å². The first-order chi connectivity index (χ1) is 10.8. The summed E-state index contributed by atoms with van der Waals surface area (Å²) >= 11 is 8.74. The van der Waals surface area contributed by atoms with Crippen molar-refractivity contribution in [3.8, 4) is 0 Å². The van der Waals surface area contributed by atoms with Crippen LogP contribution in [0.1, 0.15) is 44.9 Å². The lowest BCUT2D eigenvalue weighted by atomic mass is 10.0. The highest BCUT2D eigenvalue weighted by Gasteiger charge is 2.30. The Morgan fingerprint density at radius 1 is 1.43 bits per heavy atom. The molecule has 1 aromatic rings. The summed E-state index contributed by atoms with van der Waals surface area (Å²) in [5, 5.41) is 3.48. The number of thiophene rings is 1. The van der Waals surface area contributed by atoms with Crippen molar-refractivity contribution in [1.29, 1.82) is 0 Å². The second-order valence-electron chi connectivity index (χ2n) is 6.79. The van der Waals surface area contributed by atoms with Crippen LogP contribution in [-0.4, -0.2) is 35.7 Å². The molecule has 1 atom stereocenters. The highest BCUT2D eigenvalue weighted by Crippen LogP contribution is 2.32. The molecule has 1 fully saturated rings. The lowest BCUT2D eigenvalue weighted by Gasteiger charge is -2.36. The fourth-order valence-electron chi connectivity index (χ4n) is 2.61. The fourth-order valence-corrected chi connectivity index (χ4v) is 4.76. The first-order valence-electron chi connectivity index (χ1n) is 7.90. The summed E-state index contributed by atoms with van der Waals surface area (Å²) in [7, 11) is 0. The molecule has 23 heavy (non-hydrogen) atoms. The van der Waals surface area contributed by atoms with Gasteiger partial charge < -0.3 is 15.0 Å². The molecule has 2 heterocycles. The molecule has 1 N–H and O–H groups in total. The van der Waals surface area contributed by atoms with Crippen molar-refractivity contribution in [2.75, 3.05) is 13.1 Å². The van der Waals surface area contributed by atoms with Gasteiger partial charge in [-0.15, -0.1) is 11.3 Å². The minimum Gasteiger partial charge on any atom is -0.444 e. The topological polar surface area (TPSA) is 41.6 Å². The number of ether oxygens (including phenoxy) is 1. The Kier molecular flexibility index (Phi) is 6.95. The van der Waals surface area contributed by atoms with E-state index < -0.39 is 5.60 Å². The van der Waals surface area contributed by atoms with E-state index in [2.05, 4.69) is 43.2 Å². The van der Waals surface area contributed by atoms with Crippen LogP contribution in [0.3, 0.4) is 0 Å². The summed E-state index contributed by atoms with van der Waals surface area (Å²) in [6.07, 6.45) is 3.07. The Balaban J connectivity index is 1.87. The lowest BCUT2D eigenvalue weighted by molar-refractivity contribution is 0.00994. The zero-order valence-corrected chi connectivity index (χ0v) is 17.8. The van der Waals surface area contributed by atoms with Crippen molar-refractivity contribution in [3.05, 3.63) is 19.2 Å². The zero-order chi connectivity index (χ0) is 17.0. The highest BCUT2D eigenvalue weighted by atomic mass is 79.9. The van der Waals surface area contributed by atoms with Crippen molar-refractivity contribution >= 4 is 49.3 Å². The Labute approximate surface area is 159 Å². The molecule has 0 aromatic carbocycles. The Hall–Kier alpha value is -0.110. The number of hydrogen-bond donors (Lipinski definition) is 1. The van der Waals surface area contributed by atoms with Gasteiger partial charge in [0.1, 0.15) is 5.60 Å². The van der Waals surface area contributed by atoms with Crippen molar-refractivity contribution in [3.63, 3.8) is 0 Å². The number of halogens is 2. The van der Waals surface area contributed by atoms with Crippen LogP contribution >= 0.6 is 43.2 Å². The summed E-state index contributed by atoms with van der Waals surface area (Å²) in [5.41, 5.74) is -0.442. The van der Waals surface area contributed by atoms with E-state index in [1.807, 2.05) is 25.7 Å². The molecule has 4 nitrogen and oxygen atoms in total. The monoisotopic (exact) mass is 466 g/mol. The SMILES string of the molecule is CC(C)(C)OC(=O)N1CCCCC1CNCc1cc(Br)c(Br)s1. The minimum atomic E-state index is -0.442. The van der Waals surface area contributed by atoms with E-state index in [1.165, 1.54) is 11.3 Å². The van der Waals surface area contributed by atoms with E-state index in [1.54, 1.807) is 11.3 Å². The van der Waals surface area contributed by atoms with Crippen LogP contribution in [0.5, 0.6) is 0 Å². The zero-order valence-electron chi connectivity index (χ0n) is 13.8. The molecular weight excluding hydrogens is 444 g/mol. The van der Waals surface area contributed by atoms with Gasteiger partial charge in [0.05, 0.1) is 3.79 Å². The van der Waals surface area contributed by atoms with Crippen LogP contribution in [0.15, 0.2) is 14.3 Å². The summed E-state index contributed by atoms with van der Waals surface area (Å²) in [4.78, 5) is 15.5. The first-order valence-corrected chi connectivity index (χ1v) is 10.3. The molecule has 7 heteroatoms. The predicted molar refractivity (Wildman–Crippen MR) is 102 cm³/mol. The molecule has 0 bridgehead atoms. The summed E-state index contributed by atoms with van der Waals surface area (Å²) < 4.78 is 7.74.